The van der Waals surface area contributed by atoms with E-state index in [0.29, 0.717) is 11.5 Å². The first-order valence-electron chi connectivity index (χ1n) is 9.35. The number of carbonyl (C=O) groups excluding carboxylic acids is 1. The molecule has 7 heteroatoms. The summed E-state index contributed by atoms with van der Waals surface area (Å²) in [6.45, 7) is 2.31. The monoisotopic (exact) mass is 423 g/mol. The van der Waals surface area contributed by atoms with Crippen LogP contribution < -0.4 is 9.47 Å². The number of hydrogen-bond acceptors (Lipinski definition) is 6. The number of ketones is 1. The van der Waals surface area contributed by atoms with Gasteiger partial charge in [-0.1, -0.05) is 19.1 Å². The third-order valence-corrected chi connectivity index (χ3v) is 5.65. The molecule has 0 aliphatic rings. The first kappa shape index (κ1) is 21.3. The zero-order valence-electron chi connectivity index (χ0n) is 16.7. The Balaban J connectivity index is 1.66. The molecule has 2 aromatic carbocycles. The van der Waals surface area contributed by atoms with Crippen LogP contribution in [0.25, 0.3) is 6.08 Å². The van der Waals surface area contributed by atoms with Crippen molar-refractivity contribution in [1.29, 1.82) is 0 Å². The van der Waals surface area contributed by atoms with Crippen LogP contribution in [0.3, 0.4) is 0 Å². The molecule has 6 nitrogen and oxygen atoms in total. The van der Waals surface area contributed by atoms with E-state index in [1.807, 2.05) is 18.2 Å². The van der Waals surface area contributed by atoms with E-state index in [1.165, 1.54) is 28.3 Å². The van der Waals surface area contributed by atoms with Gasteiger partial charge in [-0.15, -0.1) is 11.3 Å². The standard InChI is InChI=1S/C23H21NO5S/c1-3-19-10-13-23(30-19)20(25)11-6-16-7-12-21(22(14-16)28-2)29-15-17-4-8-18(9-5-17)24(26)27/h4-14H,3,15H2,1-2H3/b11-6+. The molecule has 0 aliphatic heterocycles. The zero-order chi connectivity index (χ0) is 21.5. The maximum atomic E-state index is 12.3. The molecular formula is C23H21NO5S. The van der Waals surface area contributed by atoms with E-state index in [9.17, 15) is 14.9 Å². The number of nitro benzene ring substituents is 1. The van der Waals surface area contributed by atoms with Crippen molar-refractivity contribution in [2.24, 2.45) is 0 Å². The van der Waals surface area contributed by atoms with Crippen LogP contribution >= 0.6 is 11.3 Å². The van der Waals surface area contributed by atoms with Crippen LogP contribution in [0, 0.1) is 10.1 Å². The Kier molecular flexibility index (Phi) is 6.98. The van der Waals surface area contributed by atoms with Crippen LogP contribution in [-0.2, 0) is 13.0 Å². The van der Waals surface area contributed by atoms with Gasteiger partial charge in [-0.3, -0.25) is 14.9 Å². The minimum Gasteiger partial charge on any atom is -0.493 e. The fourth-order valence-electron chi connectivity index (χ4n) is 2.74. The second kappa shape index (κ2) is 9.84. The molecule has 3 aromatic rings. The average Bonchev–Trinajstić information content (AvgIpc) is 3.26. The normalized spacial score (nSPS) is 10.9. The first-order valence-corrected chi connectivity index (χ1v) is 10.2. The van der Waals surface area contributed by atoms with Gasteiger partial charge in [0.2, 0.25) is 0 Å². The summed E-state index contributed by atoms with van der Waals surface area (Å²) < 4.78 is 11.2. The minimum atomic E-state index is -0.439. The molecule has 0 atom stereocenters. The highest BCUT2D eigenvalue weighted by Crippen LogP contribution is 2.29. The number of rotatable bonds is 9. The molecule has 0 radical (unpaired) electrons. The number of aryl methyl sites for hydroxylation is 1. The van der Waals surface area contributed by atoms with Gasteiger partial charge in [-0.2, -0.15) is 0 Å². The van der Waals surface area contributed by atoms with Crippen LogP contribution in [0.15, 0.2) is 60.7 Å². The zero-order valence-corrected chi connectivity index (χ0v) is 17.5. The van der Waals surface area contributed by atoms with Gasteiger partial charge in [0.05, 0.1) is 16.9 Å². The Bertz CT molecular complexity index is 1070. The van der Waals surface area contributed by atoms with Gasteiger partial charge >= 0.3 is 0 Å². The number of ether oxygens (including phenoxy) is 2. The summed E-state index contributed by atoms with van der Waals surface area (Å²) in [5.74, 6) is 1.05. The fourth-order valence-corrected chi connectivity index (χ4v) is 3.60. The lowest BCUT2D eigenvalue weighted by Gasteiger charge is -2.11. The van der Waals surface area contributed by atoms with E-state index < -0.39 is 4.92 Å². The lowest BCUT2D eigenvalue weighted by Crippen LogP contribution is -1.98. The molecule has 0 saturated carbocycles. The summed E-state index contributed by atoms with van der Waals surface area (Å²) in [7, 11) is 1.55. The maximum absolute atomic E-state index is 12.3. The highest BCUT2D eigenvalue weighted by molar-refractivity contribution is 7.14. The van der Waals surface area contributed by atoms with Crippen molar-refractivity contribution in [1.82, 2.24) is 0 Å². The SMILES string of the molecule is CCc1ccc(C(=O)/C=C/c2ccc(OCc3ccc([N+](=O)[O-])cc3)c(OC)c2)s1. The Hall–Kier alpha value is -3.45. The molecule has 0 fully saturated rings. The molecule has 154 valence electrons. The highest BCUT2D eigenvalue weighted by atomic mass is 32.1. The van der Waals surface area contributed by atoms with Crippen LogP contribution in [0.4, 0.5) is 5.69 Å². The van der Waals surface area contributed by atoms with Crippen LogP contribution in [0.5, 0.6) is 11.5 Å². The molecule has 1 heterocycles. The molecule has 0 bridgehead atoms. The van der Waals surface area contributed by atoms with Gasteiger partial charge in [0.25, 0.3) is 5.69 Å². The van der Waals surface area contributed by atoms with Crippen molar-refractivity contribution in [2.45, 2.75) is 20.0 Å². The van der Waals surface area contributed by atoms with Crippen LogP contribution in [0.2, 0.25) is 0 Å². The summed E-state index contributed by atoms with van der Waals surface area (Å²) in [5.41, 5.74) is 1.66. The Labute approximate surface area is 178 Å². The molecule has 3 rings (SSSR count). The fraction of sp³-hybridized carbons (Fsp3) is 0.174. The van der Waals surface area contributed by atoms with E-state index in [-0.39, 0.29) is 18.1 Å². The minimum absolute atomic E-state index is 0.0304. The summed E-state index contributed by atoms with van der Waals surface area (Å²) in [5, 5.41) is 10.7. The topological polar surface area (TPSA) is 78.7 Å². The average molecular weight is 423 g/mol. The number of nitro groups is 1. The Morgan fingerprint density at radius 1 is 1.10 bits per heavy atom. The molecule has 30 heavy (non-hydrogen) atoms. The Morgan fingerprint density at radius 2 is 1.87 bits per heavy atom. The van der Waals surface area contributed by atoms with Gasteiger partial charge in [0, 0.05) is 17.0 Å². The van der Waals surface area contributed by atoms with Gasteiger partial charge < -0.3 is 9.47 Å². The molecule has 0 aliphatic carbocycles. The number of methoxy groups -OCH3 is 1. The summed E-state index contributed by atoms with van der Waals surface area (Å²) in [6, 6.07) is 15.4. The predicted octanol–water partition coefficient (Wildman–Crippen LogP) is 5.70. The summed E-state index contributed by atoms with van der Waals surface area (Å²) in [6.07, 6.45) is 4.22. The predicted molar refractivity (Wildman–Crippen MR) is 117 cm³/mol. The number of allylic oxidation sites excluding steroid dienone is 1. The van der Waals surface area contributed by atoms with E-state index >= 15 is 0 Å². The second-order valence-corrected chi connectivity index (χ2v) is 7.61. The molecule has 0 amide bonds. The van der Waals surface area contributed by atoms with E-state index in [2.05, 4.69) is 6.92 Å². The molecule has 0 saturated heterocycles. The molecule has 0 spiro atoms. The summed E-state index contributed by atoms with van der Waals surface area (Å²) in [4.78, 5) is 24.5. The lowest BCUT2D eigenvalue weighted by molar-refractivity contribution is -0.384. The van der Waals surface area contributed by atoms with Crippen molar-refractivity contribution < 1.29 is 19.2 Å². The number of hydrogen-bond donors (Lipinski definition) is 0. The van der Waals surface area contributed by atoms with Crippen molar-refractivity contribution in [3.8, 4) is 11.5 Å². The van der Waals surface area contributed by atoms with Gasteiger partial charge in [-0.05, 0) is 60.0 Å². The highest BCUT2D eigenvalue weighted by Gasteiger charge is 2.09. The molecule has 1 aromatic heterocycles. The molecule has 0 N–H and O–H groups in total. The van der Waals surface area contributed by atoms with Crippen molar-refractivity contribution in [3.63, 3.8) is 0 Å². The molecular weight excluding hydrogens is 402 g/mol. The second-order valence-electron chi connectivity index (χ2n) is 6.44. The van der Waals surface area contributed by atoms with Gasteiger partial charge in [0.15, 0.2) is 17.3 Å². The quantitative estimate of drug-likeness (QED) is 0.191. The maximum Gasteiger partial charge on any atom is 0.269 e. The largest absolute Gasteiger partial charge is 0.493 e. The number of benzene rings is 2. The third-order valence-electron chi connectivity index (χ3n) is 4.41. The smallest absolute Gasteiger partial charge is 0.269 e. The van der Waals surface area contributed by atoms with Crippen LogP contribution in [0.1, 0.15) is 32.6 Å². The van der Waals surface area contributed by atoms with E-state index in [1.54, 1.807) is 43.5 Å². The number of non-ortho nitro benzene ring substituents is 1. The lowest BCUT2D eigenvalue weighted by atomic mass is 10.1. The molecule has 0 unspecified atom stereocenters. The third kappa shape index (κ3) is 5.33. The van der Waals surface area contributed by atoms with Crippen molar-refractivity contribution in [3.05, 3.63) is 91.7 Å². The number of thiophene rings is 1. The van der Waals surface area contributed by atoms with Crippen molar-refractivity contribution in [2.75, 3.05) is 7.11 Å². The van der Waals surface area contributed by atoms with Crippen LogP contribution in [-0.4, -0.2) is 17.8 Å². The Morgan fingerprint density at radius 3 is 2.50 bits per heavy atom. The van der Waals surface area contributed by atoms with Gasteiger partial charge in [0.1, 0.15) is 6.61 Å². The van der Waals surface area contributed by atoms with Gasteiger partial charge in [-0.25, -0.2) is 0 Å². The summed E-state index contributed by atoms with van der Waals surface area (Å²) >= 11 is 1.51. The first-order chi connectivity index (χ1) is 14.5. The van der Waals surface area contributed by atoms with Crippen molar-refractivity contribution >= 4 is 28.9 Å². The number of carbonyl (C=O) groups is 1. The van der Waals surface area contributed by atoms with E-state index in [4.69, 9.17) is 9.47 Å². The number of nitrogens with zero attached hydrogens (tertiary/aromatic N) is 1. The van der Waals surface area contributed by atoms with E-state index in [0.717, 1.165) is 22.4 Å².